The molecule has 0 saturated carbocycles. The number of methoxy groups -OCH3 is 1. The third-order valence-corrected chi connectivity index (χ3v) is 6.52. The van der Waals surface area contributed by atoms with Crippen molar-refractivity contribution in [1.82, 2.24) is 9.38 Å². The Balaban J connectivity index is 1.86. The average molecular weight is 512 g/mol. The van der Waals surface area contributed by atoms with E-state index in [0.717, 1.165) is 11.0 Å². The number of hydrogen-bond acceptors (Lipinski definition) is 6. The van der Waals surface area contributed by atoms with E-state index in [4.69, 9.17) is 17.0 Å². The molecule has 0 N–H and O–H groups in total. The van der Waals surface area contributed by atoms with Crippen molar-refractivity contribution in [1.29, 1.82) is 5.26 Å². The van der Waals surface area contributed by atoms with Crippen LogP contribution in [0.25, 0.3) is 5.65 Å². The van der Waals surface area contributed by atoms with Crippen LogP contribution in [0.5, 0.6) is 5.75 Å². The van der Waals surface area contributed by atoms with Gasteiger partial charge in [0.15, 0.2) is 5.11 Å². The SMILES string of the molecule is CCc1nc2ccc(N3C(=S)N(c4ccc(C#N)c(C(C)(F)F)c4)C(=O)C3(C)C)cn2c(=O)c1OC. The van der Waals surface area contributed by atoms with Gasteiger partial charge in [0.25, 0.3) is 11.8 Å². The van der Waals surface area contributed by atoms with Gasteiger partial charge in [-0.3, -0.25) is 18.9 Å². The van der Waals surface area contributed by atoms with Crippen LogP contribution in [0.15, 0.2) is 41.3 Å². The molecule has 4 rings (SSSR count). The van der Waals surface area contributed by atoms with Crippen LogP contribution in [0.4, 0.5) is 20.2 Å². The summed E-state index contributed by atoms with van der Waals surface area (Å²) >= 11 is 5.64. The first kappa shape index (κ1) is 25.2. The summed E-state index contributed by atoms with van der Waals surface area (Å²) in [5, 5.41) is 9.29. The molecule has 0 unspecified atom stereocenters. The van der Waals surface area contributed by atoms with Gasteiger partial charge in [0.2, 0.25) is 5.75 Å². The van der Waals surface area contributed by atoms with Crippen molar-refractivity contribution in [3.63, 3.8) is 0 Å². The zero-order valence-corrected chi connectivity index (χ0v) is 21.1. The van der Waals surface area contributed by atoms with Gasteiger partial charge >= 0.3 is 5.56 Å². The molecule has 0 radical (unpaired) electrons. The highest BCUT2D eigenvalue weighted by molar-refractivity contribution is 7.81. The highest BCUT2D eigenvalue weighted by Gasteiger charge is 2.50. The zero-order valence-electron chi connectivity index (χ0n) is 20.3. The number of halogens is 2. The van der Waals surface area contributed by atoms with Crippen LogP contribution in [0.3, 0.4) is 0 Å². The van der Waals surface area contributed by atoms with Crippen molar-refractivity contribution >= 4 is 40.3 Å². The molecule has 1 aliphatic heterocycles. The molecule has 1 saturated heterocycles. The number of carbonyl (C=O) groups is 1. The number of amides is 1. The molecule has 2 aromatic heterocycles. The predicted molar refractivity (Wildman–Crippen MR) is 135 cm³/mol. The topological polar surface area (TPSA) is 90.9 Å². The smallest absolute Gasteiger partial charge is 0.300 e. The van der Waals surface area contributed by atoms with Crippen LogP contribution in [-0.4, -0.2) is 33.1 Å². The summed E-state index contributed by atoms with van der Waals surface area (Å²) in [6.45, 7) is 5.84. The number of ether oxygens (including phenoxy) is 1. The lowest BCUT2D eigenvalue weighted by Gasteiger charge is -2.29. The Kier molecular flexibility index (Phi) is 6.04. The second-order valence-corrected chi connectivity index (χ2v) is 9.28. The fourth-order valence-electron chi connectivity index (χ4n) is 4.32. The standard InChI is InChI=1S/C25H23F2N5O3S/c1-6-18-20(35-5)21(33)30-13-16(9-10-19(30)29-18)32-23(36)31(22(34)24(32,2)3)15-8-7-14(12-28)17(11-15)25(4,26)27/h7-11,13H,6H2,1-5H3. The highest BCUT2D eigenvalue weighted by Crippen LogP contribution is 2.39. The number of nitrogens with zero attached hydrogens (tertiary/aromatic N) is 5. The van der Waals surface area contributed by atoms with Gasteiger partial charge in [0.05, 0.1) is 35.8 Å². The van der Waals surface area contributed by atoms with Crippen molar-refractivity contribution in [2.45, 2.75) is 45.6 Å². The molecule has 186 valence electrons. The van der Waals surface area contributed by atoms with E-state index in [2.05, 4.69) is 4.98 Å². The number of thiocarbonyl (C=S) groups is 1. The quantitative estimate of drug-likeness (QED) is 0.475. The summed E-state index contributed by atoms with van der Waals surface area (Å²) in [5.74, 6) is -3.63. The number of fused-ring (bicyclic) bond motifs is 1. The fourth-order valence-corrected chi connectivity index (χ4v) is 4.84. The highest BCUT2D eigenvalue weighted by atomic mass is 32.1. The van der Waals surface area contributed by atoms with E-state index in [0.29, 0.717) is 30.4 Å². The lowest BCUT2D eigenvalue weighted by molar-refractivity contribution is -0.120. The number of benzene rings is 1. The van der Waals surface area contributed by atoms with Gasteiger partial charge < -0.3 is 9.64 Å². The van der Waals surface area contributed by atoms with Crippen LogP contribution < -0.4 is 20.1 Å². The van der Waals surface area contributed by atoms with E-state index in [-0.39, 0.29) is 22.1 Å². The Hall–Kier alpha value is -3.91. The molecule has 11 heteroatoms. The van der Waals surface area contributed by atoms with Gasteiger partial charge in [-0.25, -0.2) is 13.8 Å². The minimum absolute atomic E-state index is 0.0394. The first-order valence-corrected chi connectivity index (χ1v) is 11.5. The molecule has 3 aromatic rings. The molecule has 3 heterocycles. The number of carbonyl (C=O) groups excluding carboxylic acids is 1. The summed E-state index contributed by atoms with van der Waals surface area (Å²) in [4.78, 5) is 33.8. The molecular formula is C25H23F2N5O3S. The van der Waals surface area contributed by atoms with Gasteiger partial charge in [-0.2, -0.15) is 5.26 Å². The van der Waals surface area contributed by atoms with E-state index in [9.17, 15) is 23.6 Å². The second kappa shape index (κ2) is 8.64. The van der Waals surface area contributed by atoms with Crippen LogP contribution in [0.1, 0.15) is 44.5 Å². The van der Waals surface area contributed by atoms with Crippen molar-refractivity contribution in [3.05, 3.63) is 63.7 Å². The molecule has 1 aromatic carbocycles. The molecular weight excluding hydrogens is 488 g/mol. The zero-order chi connectivity index (χ0) is 26.6. The van der Waals surface area contributed by atoms with E-state index in [1.807, 2.05) is 6.92 Å². The molecule has 8 nitrogen and oxygen atoms in total. The van der Waals surface area contributed by atoms with Crippen LogP contribution in [0.2, 0.25) is 0 Å². The maximum atomic E-state index is 14.2. The summed E-state index contributed by atoms with van der Waals surface area (Å²) < 4.78 is 35.0. The Bertz CT molecular complexity index is 1520. The third-order valence-electron chi connectivity index (χ3n) is 6.16. The fraction of sp³-hybridized carbons (Fsp3) is 0.320. The number of hydrogen-bond donors (Lipinski definition) is 0. The molecule has 1 aliphatic rings. The molecule has 0 spiro atoms. The molecule has 0 bridgehead atoms. The lowest BCUT2D eigenvalue weighted by Crippen LogP contribution is -2.44. The van der Waals surface area contributed by atoms with Crippen molar-refractivity contribution < 1.29 is 18.3 Å². The van der Waals surface area contributed by atoms with E-state index < -0.39 is 28.5 Å². The Morgan fingerprint density at radius 1 is 1.19 bits per heavy atom. The molecule has 0 aliphatic carbocycles. The van der Waals surface area contributed by atoms with Crippen molar-refractivity contribution in [2.75, 3.05) is 16.9 Å². The predicted octanol–water partition coefficient (Wildman–Crippen LogP) is 4.17. The number of nitriles is 1. The first-order chi connectivity index (χ1) is 16.9. The third kappa shape index (κ3) is 3.78. The summed E-state index contributed by atoms with van der Waals surface area (Å²) in [5.41, 5.74) is -0.846. The van der Waals surface area contributed by atoms with Crippen LogP contribution >= 0.6 is 12.2 Å². The van der Waals surface area contributed by atoms with Crippen molar-refractivity contribution in [3.8, 4) is 11.8 Å². The van der Waals surface area contributed by atoms with Gasteiger partial charge in [0.1, 0.15) is 11.2 Å². The van der Waals surface area contributed by atoms with E-state index in [1.165, 1.54) is 29.8 Å². The molecule has 1 amide bonds. The van der Waals surface area contributed by atoms with Gasteiger partial charge in [0, 0.05) is 18.7 Å². The first-order valence-electron chi connectivity index (χ1n) is 11.1. The van der Waals surface area contributed by atoms with Crippen LogP contribution in [0, 0.1) is 11.3 Å². The molecule has 36 heavy (non-hydrogen) atoms. The number of aromatic nitrogens is 2. The monoisotopic (exact) mass is 511 g/mol. The van der Waals surface area contributed by atoms with E-state index >= 15 is 0 Å². The van der Waals surface area contributed by atoms with E-state index in [1.54, 1.807) is 36.9 Å². The maximum Gasteiger partial charge on any atom is 0.300 e. The minimum Gasteiger partial charge on any atom is -0.490 e. The summed E-state index contributed by atoms with van der Waals surface area (Å²) in [7, 11) is 1.40. The van der Waals surface area contributed by atoms with Gasteiger partial charge in [-0.15, -0.1) is 0 Å². The number of aryl methyl sites for hydroxylation is 1. The number of rotatable bonds is 5. The summed E-state index contributed by atoms with van der Waals surface area (Å²) in [6, 6.07) is 8.83. The minimum atomic E-state index is -3.30. The normalized spacial score (nSPS) is 15.5. The van der Waals surface area contributed by atoms with Crippen molar-refractivity contribution in [2.24, 2.45) is 0 Å². The maximum absolute atomic E-state index is 14.2. The number of pyridine rings is 1. The number of anilines is 2. The Morgan fingerprint density at radius 2 is 1.86 bits per heavy atom. The second-order valence-electron chi connectivity index (χ2n) is 8.91. The summed E-state index contributed by atoms with van der Waals surface area (Å²) in [6.07, 6.45) is 2.02. The number of alkyl halides is 2. The van der Waals surface area contributed by atoms with Crippen LogP contribution in [-0.2, 0) is 17.1 Å². The molecule has 1 fully saturated rings. The Labute approximate surface area is 211 Å². The average Bonchev–Trinajstić information content (AvgIpc) is 3.01. The molecule has 0 atom stereocenters. The Morgan fingerprint density at radius 3 is 2.44 bits per heavy atom. The van der Waals surface area contributed by atoms with Gasteiger partial charge in [-0.1, -0.05) is 6.92 Å². The lowest BCUT2D eigenvalue weighted by atomic mass is 10.0. The largest absolute Gasteiger partial charge is 0.490 e. The van der Waals surface area contributed by atoms with Gasteiger partial charge in [-0.05, 0) is 62.8 Å².